The molecule has 1 aliphatic heterocycles. The van der Waals surface area contributed by atoms with Crippen LogP contribution in [0.2, 0.25) is 0 Å². The van der Waals surface area contributed by atoms with Crippen LogP contribution in [-0.2, 0) is 17.0 Å². The lowest BCUT2D eigenvalue weighted by atomic mass is 9.81. The molecule has 0 radical (unpaired) electrons. The number of halogens is 2. The molecule has 1 aliphatic rings. The molecule has 1 amide bonds. The first-order chi connectivity index (χ1) is 14.9. The van der Waals surface area contributed by atoms with E-state index in [1.54, 1.807) is 30.3 Å². The average molecular weight is 417 g/mol. The van der Waals surface area contributed by atoms with E-state index in [0.717, 1.165) is 0 Å². The fourth-order valence-corrected chi connectivity index (χ4v) is 3.69. The molecule has 8 heteroatoms. The van der Waals surface area contributed by atoms with Crippen LogP contribution in [0, 0.1) is 17.1 Å². The standard InChI is InChI=1S/C23H17F2N5O/c1-30-21(31)23(29-22(30)27,17-7-8-28-18(10-17)12-24)16-5-6-20(25)19(11-16)15-4-2-3-14(9-15)13-26/h2-11H,12H2,1H3,(H2,27,29). The first-order valence-corrected chi connectivity index (χ1v) is 9.36. The zero-order chi connectivity index (χ0) is 22.2. The highest BCUT2D eigenvalue weighted by Crippen LogP contribution is 2.41. The van der Waals surface area contributed by atoms with E-state index in [1.165, 1.54) is 42.4 Å². The highest BCUT2D eigenvalue weighted by Gasteiger charge is 2.49. The minimum Gasteiger partial charge on any atom is -0.369 e. The second kappa shape index (κ2) is 7.61. The molecule has 0 aliphatic carbocycles. The quantitative estimate of drug-likeness (QED) is 0.705. The normalized spacial score (nSPS) is 18.1. The zero-order valence-electron chi connectivity index (χ0n) is 16.5. The van der Waals surface area contributed by atoms with Crippen molar-refractivity contribution in [2.45, 2.75) is 12.2 Å². The number of nitrogens with zero attached hydrogens (tertiary/aromatic N) is 4. The number of nitrogens with two attached hydrogens (primary N) is 1. The molecule has 0 saturated carbocycles. The van der Waals surface area contributed by atoms with Gasteiger partial charge in [-0.15, -0.1) is 0 Å². The van der Waals surface area contributed by atoms with Crippen molar-refractivity contribution in [2.24, 2.45) is 10.7 Å². The first-order valence-electron chi connectivity index (χ1n) is 9.36. The Hall–Kier alpha value is -4.12. The molecule has 0 fully saturated rings. The van der Waals surface area contributed by atoms with Crippen molar-refractivity contribution in [2.75, 3.05) is 7.05 Å². The van der Waals surface area contributed by atoms with Crippen LogP contribution >= 0.6 is 0 Å². The van der Waals surface area contributed by atoms with Gasteiger partial charge in [0.2, 0.25) is 0 Å². The number of pyridine rings is 1. The number of nitriles is 1. The van der Waals surface area contributed by atoms with Crippen molar-refractivity contribution >= 4 is 11.9 Å². The van der Waals surface area contributed by atoms with Crippen LogP contribution in [0.25, 0.3) is 11.1 Å². The maximum absolute atomic E-state index is 14.8. The molecule has 154 valence electrons. The lowest BCUT2D eigenvalue weighted by Gasteiger charge is -2.27. The maximum Gasteiger partial charge on any atom is 0.266 e. The molecular weight excluding hydrogens is 400 g/mol. The molecule has 3 aromatic rings. The second-order valence-corrected chi connectivity index (χ2v) is 7.10. The molecule has 2 aromatic carbocycles. The van der Waals surface area contributed by atoms with Gasteiger partial charge in [-0.1, -0.05) is 18.2 Å². The van der Waals surface area contributed by atoms with Crippen LogP contribution in [-0.4, -0.2) is 28.8 Å². The SMILES string of the molecule is CN1C(=O)C(c2ccnc(CF)c2)(c2ccc(F)c(-c3cccc(C#N)c3)c2)N=C1N. The summed E-state index contributed by atoms with van der Waals surface area (Å²) >= 11 is 0. The van der Waals surface area contributed by atoms with Gasteiger partial charge in [0.05, 0.1) is 17.3 Å². The summed E-state index contributed by atoms with van der Waals surface area (Å²) in [6.45, 7) is -0.817. The fraction of sp³-hybridized carbons (Fsp3) is 0.130. The predicted octanol–water partition coefficient (Wildman–Crippen LogP) is 3.26. The van der Waals surface area contributed by atoms with Gasteiger partial charge in [0.1, 0.15) is 12.5 Å². The van der Waals surface area contributed by atoms with Crippen molar-refractivity contribution in [1.82, 2.24) is 9.88 Å². The Kier molecular flexibility index (Phi) is 4.95. The highest BCUT2D eigenvalue weighted by atomic mass is 19.1. The number of carbonyl (C=O) groups is 1. The van der Waals surface area contributed by atoms with Gasteiger partial charge in [0, 0.05) is 18.8 Å². The number of amides is 1. The zero-order valence-corrected chi connectivity index (χ0v) is 16.5. The van der Waals surface area contributed by atoms with Crippen molar-refractivity contribution in [1.29, 1.82) is 5.26 Å². The van der Waals surface area contributed by atoms with Crippen molar-refractivity contribution in [3.8, 4) is 17.2 Å². The number of likely N-dealkylation sites (N-methyl/N-ethyl adjacent to an activating group) is 1. The van der Waals surface area contributed by atoms with Gasteiger partial charge >= 0.3 is 0 Å². The summed E-state index contributed by atoms with van der Waals surface area (Å²) < 4.78 is 28.1. The van der Waals surface area contributed by atoms with E-state index in [9.17, 15) is 18.8 Å². The fourth-order valence-electron chi connectivity index (χ4n) is 3.69. The van der Waals surface area contributed by atoms with E-state index in [2.05, 4.69) is 9.98 Å². The molecule has 1 atom stereocenters. The molecule has 1 unspecified atom stereocenters. The maximum atomic E-state index is 14.8. The van der Waals surface area contributed by atoms with Crippen LogP contribution in [0.5, 0.6) is 0 Å². The molecule has 2 heterocycles. The number of carbonyl (C=O) groups excluding carboxylic acids is 1. The summed E-state index contributed by atoms with van der Waals surface area (Å²) in [4.78, 5) is 22.9. The minimum absolute atomic E-state index is 0.0130. The first kappa shape index (κ1) is 20.2. The highest BCUT2D eigenvalue weighted by molar-refractivity contribution is 6.09. The molecule has 6 nitrogen and oxygen atoms in total. The molecule has 1 aromatic heterocycles. The summed E-state index contributed by atoms with van der Waals surface area (Å²) in [5, 5.41) is 9.18. The Bertz CT molecular complexity index is 1270. The van der Waals surface area contributed by atoms with Gasteiger partial charge in [-0.05, 0) is 53.1 Å². The summed E-state index contributed by atoms with van der Waals surface area (Å²) in [6, 6.07) is 15.7. The summed E-state index contributed by atoms with van der Waals surface area (Å²) in [6.07, 6.45) is 1.39. The Morgan fingerprint density at radius 3 is 2.61 bits per heavy atom. The summed E-state index contributed by atoms with van der Waals surface area (Å²) in [5.74, 6) is -0.991. The molecule has 2 N–H and O–H groups in total. The molecule has 4 rings (SSSR count). The van der Waals surface area contributed by atoms with Gasteiger partial charge < -0.3 is 5.73 Å². The number of rotatable bonds is 4. The van der Waals surface area contributed by atoms with Gasteiger partial charge in [0.25, 0.3) is 5.91 Å². The largest absolute Gasteiger partial charge is 0.369 e. The predicted molar refractivity (Wildman–Crippen MR) is 111 cm³/mol. The van der Waals surface area contributed by atoms with Crippen LogP contribution in [0.3, 0.4) is 0 Å². The van der Waals surface area contributed by atoms with Gasteiger partial charge in [0.15, 0.2) is 11.5 Å². The van der Waals surface area contributed by atoms with Crippen LogP contribution in [0.4, 0.5) is 8.78 Å². The average Bonchev–Trinajstić information content (AvgIpc) is 3.04. The Morgan fingerprint density at radius 2 is 1.94 bits per heavy atom. The van der Waals surface area contributed by atoms with E-state index in [1.807, 2.05) is 6.07 Å². The number of hydrogen-bond donors (Lipinski definition) is 1. The number of guanidine groups is 1. The van der Waals surface area contributed by atoms with Crippen molar-refractivity contribution in [3.05, 3.63) is 89.0 Å². The van der Waals surface area contributed by atoms with Gasteiger partial charge in [-0.2, -0.15) is 5.26 Å². The molecule has 0 saturated heterocycles. The molecular formula is C23H17F2N5O. The lowest BCUT2D eigenvalue weighted by molar-refractivity contribution is -0.129. The van der Waals surface area contributed by atoms with Crippen molar-refractivity contribution < 1.29 is 13.6 Å². The number of aliphatic imine (C=N–C) groups is 1. The Morgan fingerprint density at radius 1 is 1.16 bits per heavy atom. The monoisotopic (exact) mass is 417 g/mol. The van der Waals surface area contributed by atoms with E-state index < -0.39 is 23.9 Å². The van der Waals surface area contributed by atoms with Crippen LogP contribution in [0.1, 0.15) is 22.4 Å². The summed E-state index contributed by atoms with van der Waals surface area (Å²) in [7, 11) is 1.49. The van der Waals surface area contributed by atoms with Gasteiger partial charge in [-0.3, -0.25) is 14.7 Å². The second-order valence-electron chi connectivity index (χ2n) is 7.10. The number of alkyl halides is 1. The third-order valence-electron chi connectivity index (χ3n) is 5.30. The third-order valence-corrected chi connectivity index (χ3v) is 5.30. The van der Waals surface area contributed by atoms with E-state index >= 15 is 0 Å². The van der Waals surface area contributed by atoms with E-state index in [-0.39, 0.29) is 17.2 Å². The number of benzene rings is 2. The number of hydrogen-bond acceptors (Lipinski definition) is 5. The molecule has 0 bridgehead atoms. The third kappa shape index (κ3) is 3.20. The number of aromatic nitrogens is 1. The lowest BCUT2D eigenvalue weighted by Crippen LogP contribution is -2.41. The smallest absolute Gasteiger partial charge is 0.266 e. The Labute approximate surface area is 177 Å². The van der Waals surface area contributed by atoms with Crippen LogP contribution < -0.4 is 5.73 Å². The Balaban J connectivity index is 1.97. The van der Waals surface area contributed by atoms with E-state index in [4.69, 9.17) is 5.73 Å². The van der Waals surface area contributed by atoms with Crippen LogP contribution in [0.15, 0.2) is 65.8 Å². The summed E-state index contributed by atoms with van der Waals surface area (Å²) in [5.41, 5.74) is 6.27. The topological polar surface area (TPSA) is 95.4 Å². The minimum atomic E-state index is -1.61. The van der Waals surface area contributed by atoms with Crippen molar-refractivity contribution in [3.63, 3.8) is 0 Å². The molecule has 31 heavy (non-hydrogen) atoms. The molecule has 0 spiro atoms. The van der Waals surface area contributed by atoms with E-state index in [0.29, 0.717) is 22.3 Å². The van der Waals surface area contributed by atoms with Gasteiger partial charge in [-0.25, -0.2) is 13.8 Å².